The minimum absolute atomic E-state index is 0.0606. The first-order valence-corrected chi connectivity index (χ1v) is 10.4. The van der Waals surface area contributed by atoms with Crippen LogP contribution in [0.15, 0.2) is 24.4 Å². The number of H-pyrrole nitrogens is 1. The second-order valence-electron chi connectivity index (χ2n) is 7.08. The Morgan fingerprint density at radius 1 is 1.27 bits per heavy atom. The van der Waals surface area contributed by atoms with Crippen molar-refractivity contribution in [1.82, 2.24) is 25.1 Å². The van der Waals surface area contributed by atoms with Crippen molar-refractivity contribution in [3.05, 3.63) is 50.6 Å². The number of halogens is 1. The Kier molecular flexibility index (Phi) is 6.19. The minimum atomic E-state index is 0.0606. The summed E-state index contributed by atoms with van der Waals surface area (Å²) in [6, 6.07) is 6.29. The summed E-state index contributed by atoms with van der Waals surface area (Å²) in [6.45, 7) is 6.25. The standard InChI is InChI=1S/C19H26IN5S/c1-12-15(16(20)13(2)22-12)18-17(14-8-5-6-9-21-14)23-19(26)25(18)11-7-10-24(3)4/h5-6,8-9,17-18,22H,7,10-11H2,1-4H3,(H,23,26)/t17-,18-/m0/s1. The van der Waals surface area contributed by atoms with E-state index in [2.05, 4.69) is 81.7 Å². The van der Waals surface area contributed by atoms with E-state index < -0.39 is 0 Å². The number of aryl methyl sites for hydroxylation is 2. The molecule has 2 aromatic heterocycles. The van der Waals surface area contributed by atoms with Crippen LogP contribution in [0.1, 0.15) is 41.1 Å². The van der Waals surface area contributed by atoms with Crippen LogP contribution in [0.3, 0.4) is 0 Å². The van der Waals surface area contributed by atoms with Gasteiger partial charge in [0, 0.05) is 33.3 Å². The number of rotatable bonds is 6. The fraction of sp³-hybridized carbons (Fsp3) is 0.474. The summed E-state index contributed by atoms with van der Waals surface area (Å²) in [6.07, 6.45) is 2.92. The number of pyridine rings is 1. The number of hydrogen-bond acceptors (Lipinski definition) is 3. The molecule has 0 amide bonds. The molecule has 1 saturated heterocycles. The lowest BCUT2D eigenvalue weighted by molar-refractivity contribution is 0.291. The van der Waals surface area contributed by atoms with Crippen LogP contribution in [-0.4, -0.2) is 52.1 Å². The highest BCUT2D eigenvalue weighted by atomic mass is 127. The molecule has 3 heterocycles. The Bertz CT molecular complexity index is 774. The summed E-state index contributed by atoms with van der Waals surface area (Å²) in [5, 5.41) is 4.35. The highest BCUT2D eigenvalue weighted by Gasteiger charge is 2.41. The third-order valence-electron chi connectivity index (χ3n) is 4.84. The molecule has 3 rings (SSSR count). The number of hydrogen-bond donors (Lipinski definition) is 2. The Balaban J connectivity index is 1.99. The number of aromatic amines is 1. The van der Waals surface area contributed by atoms with Gasteiger partial charge in [0.25, 0.3) is 0 Å². The molecule has 0 spiro atoms. The average Bonchev–Trinajstić information content (AvgIpc) is 3.04. The van der Waals surface area contributed by atoms with Gasteiger partial charge in [-0.3, -0.25) is 4.98 Å². The van der Waals surface area contributed by atoms with E-state index in [0.717, 1.165) is 30.3 Å². The predicted octanol–water partition coefficient (Wildman–Crippen LogP) is 3.56. The summed E-state index contributed by atoms with van der Waals surface area (Å²) in [5.74, 6) is 0. The molecular formula is C19H26IN5S. The van der Waals surface area contributed by atoms with E-state index >= 15 is 0 Å². The van der Waals surface area contributed by atoms with E-state index in [4.69, 9.17) is 12.2 Å². The van der Waals surface area contributed by atoms with Crippen LogP contribution in [0, 0.1) is 17.4 Å². The van der Waals surface area contributed by atoms with E-state index in [9.17, 15) is 0 Å². The molecule has 1 aliphatic heterocycles. The average molecular weight is 483 g/mol. The van der Waals surface area contributed by atoms with Crippen LogP contribution in [0.25, 0.3) is 0 Å². The molecule has 1 aliphatic rings. The van der Waals surface area contributed by atoms with Gasteiger partial charge in [-0.2, -0.15) is 0 Å². The SMILES string of the molecule is Cc1[nH]c(C)c([C@H]2[C@H](c3ccccn3)NC(=S)N2CCCN(C)C)c1I. The van der Waals surface area contributed by atoms with E-state index in [-0.39, 0.29) is 12.1 Å². The Morgan fingerprint density at radius 2 is 2.04 bits per heavy atom. The van der Waals surface area contributed by atoms with Crippen molar-refractivity contribution in [3.8, 4) is 0 Å². The molecule has 2 atom stereocenters. The maximum absolute atomic E-state index is 5.73. The molecule has 2 aromatic rings. The van der Waals surface area contributed by atoms with E-state index in [0.29, 0.717) is 0 Å². The van der Waals surface area contributed by atoms with Crippen LogP contribution < -0.4 is 5.32 Å². The van der Waals surface area contributed by atoms with Crippen molar-refractivity contribution in [1.29, 1.82) is 0 Å². The Labute approximate surface area is 174 Å². The first-order valence-electron chi connectivity index (χ1n) is 8.87. The summed E-state index contributed by atoms with van der Waals surface area (Å²) in [4.78, 5) is 12.7. The third-order valence-corrected chi connectivity index (χ3v) is 6.59. The lowest BCUT2D eigenvalue weighted by Crippen LogP contribution is -2.32. The van der Waals surface area contributed by atoms with Crippen molar-refractivity contribution in [2.24, 2.45) is 0 Å². The molecule has 5 nitrogen and oxygen atoms in total. The summed E-state index contributed by atoms with van der Waals surface area (Å²) < 4.78 is 1.29. The largest absolute Gasteiger partial charge is 0.362 e. The van der Waals surface area contributed by atoms with Gasteiger partial charge in [0.1, 0.15) is 0 Å². The number of nitrogens with one attached hydrogen (secondary N) is 2. The molecule has 2 N–H and O–H groups in total. The molecule has 0 unspecified atom stereocenters. The van der Waals surface area contributed by atoms with Gasteiger partial charge in [0.15, 0.2) is 5.11 Å². The van der Waals surface area contributed by atoms with Gasteiger partial charge in [-0.15, -0.1) is 0 Å². The smallest absolute Gasteiger partial charge is 0.170 e. The van der Waals surface area contributed by atoms with Crippen LogP contribution >= 0.6 is 34.8 Å². The van der Waals surface area contributed by atoms with Crippen molar-refractivity contribution in [2.45, 2.75) is 32.4 Å². The Morgan fingerprint density at radius 3 is 2.62 bits per heavy atom. The summed E-state index contributed by atoms with van der Waals surface area (Å²) >= 11 is 8.18. The van der Waals surface area contributed by atoms with Gasteiger partial charge < -0.3 is 20.1 Å². The lowest BCUT2D eigenvalue weighted by atomic mass is 9.96. The second kappa shape index (κ2) is 8.22. The minimum Gasteiger partial charge on any atom is -0.362 e. The van der Waals surface area contributed by atoms with E-state index in [1.807, 2.05) is 18.3 Å². The predicted molar refractivity (Wildman–Crippen MR) is 118 cm³/mol. The molecule has 140 valence electrons. The first kappa shape index (κ1) is 19.6. The van der Waals surface area contributed by atoms with Gasteiger partial charge in [-0.1, -0.05) is 6.07 Å². The second-order valence-corrected chi connectivity index (χ2v) is 8.54. The molecule has 0 aromatic carbocycles. The van der Waals surface area contributed by atoms with E-state index in [1.54, 1.807) is 0 Å². The maximum atomic E-state index is 5.73. The van der Waals surface area contributed by atoms with Crippen molar-refractivity contribution in [3.63, 3.8) is 0 Å². The summed E-state index contributed by atoms with van der Waals surface area (Å²) in [5.41, 5.74) is 4.78. The zero-order chi connectivity index (χ0) is 18.8. The monoisotopic (exact) mass is 483 g/mol. The maximum Gasteiger partial charge on any atom is 0.170 e. The Hall–Kier alpha value is -1.19. The fourth-order valence-corrected chi connectivity index (χ4v) is 4.83. The number of nitrogens with zero attached hydrogens (tertiary/aromatic N) is 3. The molecule has 0 saturated carbocycles. The molecule has 0 bridgehead atoms. The topological polar surface area (TPSA) is 47.2 Å². The highest BCUT2D eigenvalue weighted by Crippen LogP contribution is 2.42. The zero-order valence-electron chi connectivity index (χ0n) is 15.7. The van der Waals surface area contributed by atoms with Gasteiger partial charge >= 0.3 is 0 Å². The highest BCUT2D eigenvalue weighted by molar-refractivity contribution is 14.1. The van der Waals surface area contributed by atoms with Gasteiger partial charge in [0.2, 0.25) is 0 Å². The van der Waals surface area contributed by atoms with Gasteiger partial charge in [-0.25, -0.2) is 0 Å². The van der Waals surface area contributed by atoms with Gasteiger partial charge in [-0.05, 0) is 87.8 Å². The molecule has 1 fully saturated rings. The fourth-order valence-electron chi connectivity index (χ4n) is 3.64. The van der Waals surface area contributed by atoms with Crippen LogP contribution in [0.5, 0.6) is 0 Å². The molecule has 26 heavy (non-hydrogen) atoms. The quantitative estimate of drug-likeness (QED) is 0.486. The number of aromatic nitrogens is 2. The van der Waals surface area contributed by atoms with Gasteiger partial charge in [0.05, 0.1) is 17.8 Å². The summed E-state index contributed by atoms with van der Waals surface area (Å²) in [7, 11) is 4.22. The third kappa shape index (κ3) is 3.89. The van der Waals surface area contributed by atoms with Crippen molar-refractivity contribution in [2.75, 3.05) is 27.2 Å². The lowest BCUT2D eigenvalue weighted by Gasteiger charge is -2.29. The normalized spacial score (nSPS) is 20.1. The number of thiocarbonyl (C=S) groups is 1. The molecular weight excluding hydrogens is 457 g/mol. The molecule has 0 aliphatic carbocycles. The van der Waals surface area contributed by atoms with Crippen LogP contribution in [0.4, 0.5) is 0 Å². The zero-order valence-corrected chi connectivity index (χ0v) is 18.7. The first-order chi connectivity index (χ1) is 12.4. The molecule has 0 radical (unpaired) electrons. The van der Waals surface area contributed by atoms with Crippen LogP contribution in [0.2, 0.25) is 0 Å². The molecule has 7 heteroatoms. The van der Waals surface area contributed by atoms with Crippen LogP contribution in [-0.2, 0) is 0 Å². The van der Waals surface area contributed by atoms with E-state index in [1.165, 1.54) is 20.5 Å². The van der Waals surface area contributed by atoms with Crippen molar-refractivity contribution >= 4 is 39.9 Å². The van der Waals surface area contributed by atoms with Crippen molar-refractivity contribution < 1.29 is 0 Å².